The van der Waals surface area contributed by atoms with Crippen molar-refractivity contribution in [1.82, 2.24) is 9.13 Å². The van der Waals surface area contributed by atoms with E-state index >= 15 is 0 Å². The van der Waals surface area contributed by atoms with Crippen molar-refractivity contribution in [3.8, 4) is 0 Å². The second kappa shape index (κ2) is 6.03. The van der Waals surface area contributed by atoms with Gasteiger partial charge in [-0.1, -0.05) is 0 Å². The van der Waals surface area contributed by atoms with Crippen molar-refractivity contribution in [1.29, 1.82) is 0 Å². The van der Waals surface area contributed by atoms with Crippen LogP contribution in [0.15, 0.2) is 37.7 Å². The van der Waals surface area contributed by atoms with E-state index in [0.717, 1.165) is 17.4 Å². The summed E-state index contributed by atoms with van der Waals surface area (Å²) in [5, 5.41) is 0. The van der Waals surface area contributed by atoms with Crippen LogP contribution in [0.4, 0.5) is 0 Å². The van der Waals surface area contributed by atoms with Crippen LogP contribution in [0.3, 0.4) is 0 Å². The summed E-state index contributed by atoms with van der Waals surface area (Å²) in [7, 11) is 0. The largest absolute Gasteiger partial charge is 0.147 e. The van der Waals surface area contributed by atoms with Crippen LogP contribution in [0.25, 0.3) is 0 Å². The summed E-state index contributed by atoms with van der Waals surface area (Å²) < 4.78 is 4.70. The molecule has 0 aromatic carbocycles. The van der Waals surface area contributed by atoms with Crippen LogP contribution in [0.1, 0.15) is 0 Å². The van der Waals surface area contributed by atoms with E-state index in [1.54, 1.807) is 0 Å². The Morgan fingerprint density at radius 2 is 1.54 bits per heavy atom. The maximum atomic E-state index is 5.34. The Morgan fingerprint density at radius 1 is 1.15 bits per heavy atom. The molecule has 2 nitrogen and oxygen atoms in total. The molecule has 4 heteroatoms. The maximum absolute atomic E-state index is 5.34. The summed E-state index contributed by atoms with van der Waals surface area (Å²) in [6.45, 7) is 8.83. The molecule has 0 unspecified atom stereocenters. The normalized spacial score (nSPS) is 9.08. The molecule has 0 bridgehead atoms. The van der Waals surface area contributed by atoms with Gasteiger partial charge in [-0.2, -0.15) is 0 Å². The number of rotatable bonds is 4. The van der Waals surface area contributed by atoms with Gasteiger partial charge in [0.05, 0.1) is 0 Å². The Labute approximate surface area is 92.3 Å². The molecule has 0 saturated carbocycles. The van der Waals surface area contributed by atoms with Gasteiger partial charge in [0.2, 0.25) is 0 Å². The molecule has 0 aliphatic heterocycles. The fraction of sp³-hybridized carbons (Fsp3) is 0.222. The van der Waals surface area contributed by atoms with Crippen molar-refractivity contribution in [2.75, 3.05) is 0 Å². The van der Waals surface area contributed by atoms with Crippen LogP contribution >= 0.6 is 12.4 Å². The molecule has 1 aromatic heterocycles. The first kappa shape index (κ1) is 12.5. The second-order valence-electron chi connectivity index (χ2n) is 2.42. The zero-order valence-electron chi connectivity index (χ0n) is 7.24. The van der Waals surface area contributed by atoms with Crippen LogP contribution in [-0.2, 0) is 28.7 Å². The van der Waals surface area contributed by atoms with Gasteiger partial charge in [0.15, 0.2) is 0 Å². The third-order valence-corrected chi connectivity index (χ3v) is 2.05. The third-order valence-electron chi connectivity index (χ3n) is 1.51. The molecule has 77 valence electrons. The quantitative estimate of drug-likeness (QED) is 0.571. The first-order valence-electron chi connectivity index (χ1n) is 3.71. The summed E-state index contributed by atoms with van der Waals surface area (Å²) in [5.41, 5.74) is 0. The molecule has 1 heterocycles. The zero-order chi connectivity index (χ0) is 8.97. The van der Waals surface area contributed by atoms with Crippen molar-refractivity contribution >= 4 is 12.4 Å². The smallest absolute Gasteiger partial charge is 0.147 e. The van der Waals surface area contributed by atoms with E-state index in [-0.39, 0.29) is 12.4 Å². The molecule has 0 aliphatic rings. The fourth-order valence-corrected chi connectivity index (χ4v) is 1.29. The van der Waals surface area contributed by atoms with E-state index < -0.39 is 0 Å². The number of hydrogen-bond donors (Lipinski definition) is 0. The Morgan fingerprint density at radius 3 is 1.85 bits per heavy atom. The molecule has 1 aromatic rings. The molecule has 0 atom stereocenters. The molecular formula is C9H13ClCuN2. The van der Waals surface area contributed by atoms with E-state index in [4.69, 9.17) is 15.6 Å². The van der Waals surface area contributed by atoms with Crippen molar-refractivity contribution in [3.05, 3.63) is 42.0 Å². The van der Waals surface area contributed by atoms with E-state index in [0.29, 0.717) is 0 Å². The summed E-state index contributed by atoms with van der Waals surface area (Å²) in [4.78, 5) is 0. The van der Waals surface area contributed by atoms with Crippen LogP contribution in [0.5, 0.6) is 0 Å². The van der Waals surface area contributed by atoms with E-state index in [1.165, 1.54) is 0 Å². The molecule has 1 rings (SSSR count). The van der Waals surface area contributed by atoms with Crippen LogP contribution < -0.4 is 0 Å². The van der Waals surface area contributed by atoms with Gasteiger partial charge in [-0.3, -0.25) is 0 Å². The number of hydrogen-bond acceptors (Lipinski definition) is 0. The minimum absolute atomic E-state index is 0. The van der Waals surface area contributed by atoms with Gasteiger partial charge in [0.1, 0.15) is 0 Å². The van der Waals surface area contributed by atoms with Crippen LogP contribution in [0.2, 0.25) is 0 Å². The van der Waals surface area contributed by atoms with Crippen molar-refractivity contribution in [2.45, 2.75) is 13.1 Å². The van der Waals surface area contributed by atoms with Gasteiger partial charge in [-0.05, 0) is 0 Å². The third kappa shape index (κ3) is 3.03. The second-order valence-corrected chi connectivity index (χ2v) is 2.84. The van der Waals surface area contributed by atoms with E-state index in [9.17, 15) is 0 Å². The minimum Gasteiger partial charge on any atom is -0.147 e. The SMILES string of the molecule is C=CCn1ccn(CC=C)[c]1=[Cu].Cl. The molecule has 0 spiro atoms. The number of allylic oxidation sites excluding steroid dienone is 2. The van der Waals surface area contributed by atoms with E-state index in [1.807, 2.05) is 33.7 Å². The van der Waals surface area contributed by atoms with Crippen molar-refractivity contribution < 1.29 is 15.6 Å². The van der Waals surface area contributed by atoms with Crippen molar-refractivity contribution in [2.24, 2.45) is 0 Å². The summed E-state index contributed by atoms with van der Waals surface area (Å²) >= 11 is 5.34. The maximum Gasteiger partial charge on any atom is -0.147 e. The Kier molecular flexibility index (Phi) is 5.80. The predicted molar refractivity (Wildman–Crippen MR) is 53.3 cm³/mol. The molecule has 13 heavy (non-hydrogen) atoms. The van der Waals surface area contributed by atoms with E-state index in [2.05, 4.69) is 13.2 Å². The molecule has 0 aliphatic carbocycles. The Bertz CT molecular complexity index is 307. The first-order valence-corrected chi connectivity index (χ1v) is 4.18. The van der Waals surface area contributed by atoms with Crippen LogP contribution in [0, 0.1) is 4.32 Å². The predicted octanol–water partition coefficient (Wildman–Crippen LogP) is 2.16. The minimum atomic E-state index is 0. The molecule has 0 saturated heterocycles. The number of nitrogens with zero attached hydrogens (tertiary/aromatic N) is 2. The number of aromatic nitrogens is 2. The van der Waals surface area contributed by atoms with Crippen LogP contribution in [-0.4, -0.2) is 9.13 Å². The Hall–Kier alpha value is -0.501. The molecular weight excluding hydrogens is 235 g/mol. The van der Waals surface area contributed by atoms with Gasteiger partial charge >= 0.3 is 79.8 Å². The average molecular weight is 248 g/mol. The summed E-state index contributed by atoms with van der Waals surface area (Å²) in [5.74, 6) is 0. The van der Waals surface area contributed by atoms with Gasteiger partial charge in [-0.25, -0.2) is 0 Å². The van der Waals surface area contributed by atoms with Gasteiger partial charge in [0, 0.05) is 0 Å². The van der Waals surface area contributed by atoms with Gasteiger partial charge in [-0.15, -0.1) is 12.4 Å². The first-order chi connectivity index (χ1) is 5.79. The summed E-state index contributed by atoms with van der Waals surface area (Å²) in [6, 6.07) is 0. The van der Waals surface area contributed by atoms with Crippen molar-refractivity contribution in [3.63, 3.8) is 0 Å². The monoisotopic (exact) mass is 247 g/mol. The topological polar surface area (TPSA) is 9.86 Å². The summed E-state index contributed by atoms with van der Waals surface area (Å²) in [6.07, 6.45) is 7.54. The fourth-order valence-electron chi connectivity index (χ4n) is 0.974. The molecule has 0 fully saturated rings. The zero-order valence-corrected chi connectivity index (χ0v) is 9.00. The Balaban J connectivity index is 0.00000144. The molecule has 0 N–H and O–H groups in total. The number of halogens is 1. The van der Waals surface area contributed by atoms with Gasteiger partial charge in [0.25, 0.3) is 0 Å². The molecule has 0 amide bonds. The molecule has 0 radical (unpaired) electrons. The number of imidazole rings is 1. The standard InChI is InChI=1S/C9H12N2.ClH.Cu/c1-3-5-10-7-8-11(9-10)6-4-2;;/h3-4,7-8H,1-2,5-6H2;1H;. The van der Waals surface area contributed by atoms with Gasteiger partial charge < -0.3 is 0 Å². The average Bonchev–Trinajstić information content (AvgIpc) is 2.38.